The second-order valence-electron chi connectivity index (χ2n) is 4.31. The van der Waals surface area contributed by atoms with Gasteiger partial charge in [-0.3, -0.25) is 14.3 Å². The lowest BCUT2D eigenvalue weighted by Crippen LogP contribution is -2.23. The van der Waals surface area contributed by atoms with Crippen LogP contribution in [0.4, 0.5) is 5.69 Å². The molecular weight excluding hydrogens is 284 g/mol. The average Bonchev–Trinajstić information content (AvgIpc) is 2.25. The Bertz CT molecular complexity index is 867. The number of sulfonamides is 1. The van der Waals surface area contributed by atoms with Crippen molar-refractivity contribution in [3.8, 4) is 0 Å². The van der Waals surface area contributed by atoms with E-state index in [0.29, 0.717) is 0 Å². The summed E-state index contributed by atoms with van der Waals surface area (Å²) in [6.45, 7) is 1.44. The Kier molecular flexibility index (Phi) is 3.26. The number of carbonyl (C=O) groups is 1. The normalized spacial score (nSPS) is 11.5. The molecule has 0 aliphatic rings. The highest BCUT2D eigenvalue weighted by atomic mass is 32.2. The van der Waals surface area contributed by atoms with Gasteiger partial charge >= 0.3 is 0 Å². The first-order valence-electron chi connectivity index (χ1n) is 5.54. The molecule has 0 aliphatic carbocycles. The Labute approximate surface area is 114 Å². The van der Waals surface area contributed by atoms with E-state index in [-0.39, 0.29) is 28.0 Å². The van der Waals surface area contributed by atoms with Crippen molar-refractivity contribution < 1.29 is 17.6 Å². The molecule has 0 saturated carbocycles. The number of hydrogen-bond acceptors (Lipinski definition) is 5. The van der Waals surface area contributed by atoms with Gasteiger partial charge in [0, 0.05) is 6.07 Å². The monoisotopic (exact) mass is 296 g/mol. The fourth-order valence-corrected chi connectivity index (χ4v) is 2.42. The van der Waals surface area contributed by atoms with Gasteiger partial charge in [0.2, 0.25) is 15.5 Å². The first kappa shape index (κ1) is 14.1. The number of benzene rings is 1. The van der Waals surface area contributed by atoms with E-state index in [9.17, 15) is 18.0 Å². The molecule has 0 saturated heterocycles. The molecule has 106 valence electrons. The van der Waals surface area contributed by atoms with E-state index in [1.165, 1.54) is 25.1 Å². The quantitative estimate of drug-likeness (QED) is 0.858. The van der Waals surface area contributed by atoms with Crippen LogP contribution in [0.5, 0.6) is 0 Å². The summed E-state index contributed by atoms with van der Waals surface area (Å²) in [4.78, 5) is 23.3. The molecule has 20 heavy (non-hydrogen) atoms. The smallest absolute Gasteiger partial charge is 0.256 e. The molecule has 1 aromatic carbocycles. The fourth-order valence-electron chi connectivity index (χ4n) is 1.87. The number of primary amides is 1. The van der Waals surface area contributed by atoms with Crippen molar-refractivity contribution in [3.05, 3.63) is 39.7 Å². The third-order valence-electron chi connectivity index (χ3n) is 2.62. The summed E-state index contributed by atoms with van der Waals surface area (Å²) in [6.07, 6.45) is 1.01. The number of carbonyl (C=O) groups excluding carboxylic acids is 1. The van der Waals surface area contributed by atoms with Gasteiger partial charge in [0.1, 0.15) is 16.9 Å². The van der Waals surface area contributed by atoms with Crippen LogP contribution in [-0.4, -0.2) is 20.6 Å². The number of amides is 1. The summed E-state index contributed by atoms with van der Waals surface area (Å²) in [5.41, 5.74) is 4.81. The van der Waals surface area contributed by atoms with Gasteiger partial charge in [0.15, 0.2) is 0 Å². The Hall–Kier alpha value is -2.35. The summed E-state index contributed by atoms with van der Waals surface area (Å²) in [7, 11) is -3.43. The Morgan fingerprint density at radius 2 is 2.00 bits per heavy atom. The molecule has 1 amide bonds. The molecule has 0 spiro atoms. The zero-order chi connectivity index (χ0) is 15.1. The largest absolute Gasteiger partial charge is 0.460 e. The number of rotatable bonds is 3. The first-order valence-corrected chi connectivity index (χ1v) is 7.43. The molecule has 0 bridgehead atoms. The van der Waals surface area contributed by atoms with Crippen LogP contribution in [0, 0.1) is 6.92 Å². The SMILES string of the molecule is Cc1oc2cc(NS(C)(=O)=O)ccc2c(=O)c1C(N)=O. The van der Waals surface area contributed by atoms with E-state index < -0.39 is 21.4 Å². The Balaban J connectivity index is 2.70. The van der Waals surface area contributed by atoms with Gasteiger partial charge in [0.25, 0.3) is 5.91 Å². The lowest BCUT2D eigenvalue weighted by molar-refractivity contribution is 0.0996. The first-order chi connectivity index (χ1) is 9.19. The maximum absolute atomic E-state index is 12.1. The molecule has 0 aliphatic heterocycles. The number of aryl methyl sites for hydroxylation is 1. The fraction of sp³-hybridized carbons (Fsp3) is 0.167. The lowest BCUT2D eigenvalue weighted by atomic mass is 10.1. The third kappa shape index (κ3) is 2.64. The van der Waals surface area contributed by atoms with E-state index in [4.69, 9.17) is 10.2 Å². The van der Waals surface area contributed by atoms with Crippen LogP contribution in [-0.2, 0) is 10.0 Å². The number of nitrogens with one attached hydrogen (secondary N) is 1. The predicted octanol–water partition coefficient (Wildman–Crippen LogP) is 0.572. The third-order valence-corrected chi connectivity index (χ3v) is 3.22. The van der Waals surface area contributed by atoms with E-state index in [1.807, 2.05) is 0 Å². The maximum atomic E-state index is 12.1. The summed E-state index contributed by atoms with van der Waals surface area (Å²) in [5, 5.41) is 0.156. The summed E-state index contributed by atoms with van der Waals surface area (Å²) < 4.78 is 29.9. The van der Waals surface area contributed by atoms with Crippen LogP contribution < -0.4 is 15.9 Å². The second kappa shape index (κ2) is 4.64. The van der Waals surface area contributed by atoms with Gasteiger partial charge in [0.05, 0.1) is 17.3 Å². The number of fused-ring (bicyclic) bond motifs is 1. The van der Waals surface area contributed by atoms with Crippen LogP contribution >= 0.6 is 0 Å². The van der Waals surface area contributed by atoms with Crippen molar-refractivity contribution in [2.45, 2.75) is 6.92 Å². The van der Waals surface area contributed by atoms with Gasteiger partial charge in [-0.15, -0.1) is 0 Å². The van der Waals surface area contributed by atoms with Crippen molar-refractivity contribution in [2.75, 3.05) is 11.0 Å². The molecule has 8 heteroatoms. The number of hydrogen-bond donors (Lipinski definition) is 2. The minimum atomic E-state index is -3.43. The Morgan fingerprint density at radius 3 is 2.55 bits per heavy atom. The van der Waals surface area contributed by atoms with Gasteiger partial charge in [-0.25, -0.2) is 8.42 Å². The van der Waals surface area contributed by atoms with Crippen molar-refractivity contribution in [1.29, 1.82) is 0 Å². The molecule has 0 atom stereocenters. The van der Waals surface area contributed by atoms with Gasteiger partial charge in [-0.05, 0) is 19.1 Å². The number of nitrogens with two attached hydrogens (primary N) is 1. The highest BCUT2D eigenvalue weighted by molar-refractivity contribution is 7.92. The van der Waals surface area contributed by atoms with E-state index in [2.05, 4.69) is 4.72 Å². The molecule has 0 radical (unpaired) electrons. The van der Waals surface area contributed by atoms with E-state index in [0.717, 1.165) is 6.26 Å². The summed E-state index contributed by atoms with van der Waals surface area (Å²) in [5.74, 6) is -0.775. The standard InChI is InChI=1S/C12H12N2O5S/c1-6-10(12(13)16)11(15)8-4-3-7(5-9(8)19-6)14-20(2,17)18/h3-5,14H,1-2H3,(H2,13,16). The summed E-state index contributed by atoms with van der Waals surface area (Å²) >= 11 is 0. The molecule has 1 aromatic heterocycles. The zero-order valence-corrected chi connectivity index (χ0v) is 11.6. The second-order valence-corrected chi connectivity index (χ2v) is 6.06. The molecule has 3 N–H and O–H groups in total. The van der Waals surface area contributed by atoms with Crippen LogP contribution in [0.3, 0.4) is 0 Å². The summed E-state index contributed by atoms with van der Waals surface area (Å²) in [6, 6.07) is 4.15. The van der Waals surface area contributed by atoms with Crippen molar-refractivity contribution in [2.24, 2.45) is 5.73 Å². The van der Waals surface area contributed by atoms with Gasteiger partial charge in [-0.2, -0.15) is 0 Å². The molecule has 0 fully saturated rings. The number of anilines is 1. The topological polar surface area (TPSA) is 119 Å². The van der Waals surface area contributed by atoms with Gasteiger partial charge in [-0.1, -0.05) is 0 Å². The predicted molar refractivity (Wildman–Crippen MR) is 74.2 cm³/mol. The van der Waals surface area contributed by atoms with Crippen LogP contribution in [0.25, 0.3) is 11.0 Å². The highest BCUT2D eigenvalue weighted by Gasteiger charge is 2.16. The zero-order valence-electron chi connectivity index (χ0n) is 10.8. The van der Waals surface area contributed by atoms with Crippen LogP contribution in [0.1, 0.15) is 16.1 Å². The molecule has 0 unspecified atom stereocenters. The molecule has 2 rings (SSSR count). The van der Waals surface area contributed by atoms with Gasteiger partial charge < -0.3 is 10.2 Å². The average molecular weight is 296 g/mol. The van der Waals surface area contributed by atoms with E-state index in [1.54, 1.807) is 0 Å². The Morgan fingerprint density at radius 1 is 1.35 bits per heavy atom. The molecule has 7 nitrogen and oxygen atoms in total. The lowest BCUT2D eigenvalue weighted by Gasteiger charge is -2.07. The minimum Gasteiger partial charge on any atom is -0.460 e. The van der Waals surface area contributed by atoms with Crippen LogP contribution in [0.15, 0.2) is 27.4 Å². The van der Waals surface area contributed by atoms with Crippen molar-refractivity contribution in [3.63, 3.8) is 0 Å². The highest BCUT2D eigenvalue weighted by Crippen LogP contribution is 2.20. The molecule has 1 heterocycles. The van der Waals surface area contributed by atoms with Crippen molar-refractivity contribution in [1.82, 2.24) is 0 Å². The maximum Gasteiger partial charge on any atom is 0.256 e. The van der Waals surface area contributed by atoms with E-state index >= 15 is 0 Å². The van der Waals surface area contributed by atoms with Crippen molar-refractivity contribution >= 4 is 32.6 Å². The van der Waals surface area contributed by atoms with Crippen LogP contribution in [0.2, 0.25) is 0 Å². The minimum absolute atomic E-state index is 0.0894. The molecule has 2 aromatic rings. The molecular formula is C12H12N2O5S.